The number of nitrogens with one attached hydrogen (secondary N) is 1. The van der Waals surface area contributed by atoms with Gasteiger partial charge in [-0.05, 0) is 25.7 Å². The minimum absolute atomic E-state index is 0.0308. The molecule has 0 atom stereocenters. The molecular formula is C13H26N4O3S. The van der Waals surface area contributed by atoms with E-state index < -0.39 is 10.0 Å². The molecule has 8 heteroatoms. The molecule has 0 unspecified atom stereocenters. The predicted molar refractivity (Wildman–Crippen MR) is 81.2 cm³/mol. The summed E-state index contributed by atoms with van der Waals surface area (Å²) in [6, 6.07) is 0.354. The van der Waals surface area contributed by atoms with Gasteiger partial charge in [-0.2, -0.15) is 0 Å². The van der Waals surface area contributed by atoms with Crippen LogP contribution in [0.2, 0.25) is 0 Å². The van der Waals surface area contributed by atoms with Gasteiger partial charge >= 0.3 is 0 Å². The van der Waals surface area contributed by atoms with Gasteiger partial charge in [-0.3, -0.25) is 9.69 Å². The lowest BCUT2D eigenvalue weighted by molar-refractivity contribution is -0.123. The highest BCUT2D eigenvalue weighted by molar-refractivity contribution is 7.88. The molecule has 2 rings (SSSR count). The summed E-state index contributed by atoms with van der Waals surface area (Å²) >= 11 is 0. The van der Waals surface area contributed by atoms with Crippen LogP contribution in [0.4, 0.5) is 0 Å². The molecule has 21 heavy (non-hydrogen) atoms. The van der Waals surface area contributed by atoms with Crippen LogP contribution in [-0.2, 0) is 14.8 Å². The summed E-state index contributed by atoms with van der Waals surface area (Å²) in [5.74, 6) is 0.0308. The SMILES string of the molecule is CS(=O)(=O)N1CCC(NC(=O)CN2CCC(N)CC2)CC1. The summed E-state index contributed by atoms with van der Waals surface area (Å²) in [5.41, 5.74) is 5.84. The number of likely N-dealkylation sites (tertiary alicyclic amines) is 1. The van der Waals surface area contributed by atoms with E-state index in [1.54, 1.807) is 0 Å². The number of carbonyl (C=O) groups excluding carboxylic acids is 1. The standard InChI is InChI=1S/C13H26N4O3S/c1-21(19,20)17-8-4-12(5-9-17)15-13(18)10-16-6-2-11(14)3-7-16/h11-12H,2-10,14H2,1H3,(H,15,18). The fourth-order valence-corrected chi connectivity index (χ4v) is 3.79. The third kappa shape index (κ3) is 5.21. The van der Waals surface area contributed by atoms with E-state index in [9.17, 15) is 13.2 Å². The van der Waals surface area contributed by atoms with Crippen LogP contribution in [0, 0.1) is 0 Å². The van der Waals surface area contributed by atoms with Crippen molar-refractivity contribution in [3.8, 4) is 0 Å². The molecule has 3 N–H and O–H groups in total. The third-order valence-corrected chi connectivity index (χ3v) is 5.59. The van der Waals surface area contributed by atoms with E-state index in [1.807, 2.05) is 0 Å². The van der Waals surface area contributed by atoms with Crippen molar-refractivity contribution in [1.82, 2.24) is 14.5 Å². The fourth-order valence-electron chi connectivity index (χ4n) is 2.92. The lowest BCUT2D eigenvalue weighted by Gasteiger charge is -2.32. The van der Waals surface area contributed by atoms with Crippen molar-refractivity contribution in [2.45, 2.75) is 37.8 Å². The number of carbonyl (C=O) groups is 1. The molecule has 0 aliphatic carbocycles. The first-order chi connectivity index (χ1) is 9.84. The molecule has 122 valence electrons. The number of sulfonamides is 1. The monoisotopic (exact) mass is 318 g/mol. The van der Waals surface area contributed by atoms with E-state index in [0.717, 1.165) is 25.9 Å². The average molecular weight is 318 g/mol. The summed E-state index contributed by atoms with van der Waals surface area (Å²) < 4.78 is 24.3. The number of piperidine rings is 2. The molecule has 0 radical (unpaired) electrons. The van der Waals surface area contributed by atoms with E-state index >= 15 is 0 Å². The number of hydrogen-bond acceptors (Lipinski definition) is 5. The largest absolute Gasteiger partial charge is 0.352 e. The van der Waals surface area contributed by atoms with Crippen LogP contribution in [0.15, 0.2) is 0 Å². The zero-order chi connectivity index (χ0) is 15.5. The van der Waals surface area contributed by atoms with Crippen molar-refractivity contribution in [3.63, 3.8) is 0 Å². The first-order valence-corrected chi connectivity index (χ1v) is 9.42. The van der Waals surface area contributed by atoms with Crippen molar-refractivity contribution in [1.29, 1.82) is 0 Å². The lowest BCUT2D eigenvalue weighted by Crippen LogP contribution is -2.50. The van der Waals surface area contributed by atoms with Crippen molar-refractivity contribution in [2.75, 3.05) is 39.0 Å². The van der Waals surface area contributed by atoms with Crippen molar-refractivity contribution >= 4 is 15.9 Å². The normalized spacial score (nSPS) is 24.1. The first-order valence-electron chi connectivity index (χ1n) is 7.57. The molecule has 7 nitrogen and oxygen atoms in total. The Kier molecular flexibility index (Phi) is 5.59. The molecular weight excluding hydrogens is 292 g/mol. The molecule has 0 aromatic heterocycles. The maximum atomic E-state index is 12.0. The van der Waals surface area contributed by atoms with Crippen molar-refractivity contribution in [2.24, 2.45) is 5.73 Å². The van der Waals surface area contributed by atoms with Crippen molar-refractivity contribution in [3.05, 3.63) is 0 Å². The molecule has 0 bridgehead atoms. The Morgan fingerprint density at radius 1 is 1.14 bits per heavy atom. The number of nitrogens with zero attached hydrogens (tertiary/aromatic N) is 2. The Morgan fingerprint density at radius 2 is 1.71 bits per heavy atom. The van der Waals surface area contributed by atoms with E-state index in [0.29, 0.717) is 32.5 Å². The Bertz CT molecular complexity index is 452. The molecule has 2 aliphatic rings. The van der Waals surface area contributed by atoms with E-state index in [2.05, 4.69) is 10.2 Å². The molecule has 2 heterocycles. The second-order valence-corrected chi connectivity index (χ2v) is 8.10. The van der Waals surface area contributed by atoms with Crippen LogP contribution in [0.3, 0.4) is 0 Å². The number of amides is 1. The van der Waals surface area contributed by atoms with Gasteiger partial charge in [0.05, 0.1) is 12.8 Å². The Morgan fingerprint density at radius 3 is 2.24 bits per heavy atom. The van der Waals surface area contributed by atoms with Crippen molar-refractivity contribution < 1.29 is 13.2 Å². The first kappa shape index (κ1) is 16.7. The van der Waals surface area contributed by atoms with Gasteiger partial charge in [-0.25, -0.2) is 12.7 Å². The van der Waals surface area contributed by atoms with E-state index in [1.165, 1.54) is 10.6 Å². The van der Waals surface area contributed by atoms with E-state index in [4.69, 9.17) is 5.73 Å². The zero-order valence-electron chi connectivity index (χ0n) is 12.6. The fraction of sp³-hybridized carbons (Fsp3) is 0.923. The van der Waals surface area contributed by atoms with E-state index in [-0.39, 0.29) is 18.0 Å². The summed E-state index contributed by atoms with van der Waals surface area (Å²) in [4.78, 5) is 14.2. The van der Waals surface area contributed by atoms with Crippen LogP contribution in [-0.4, -0.2) is 74.6 Å². The van der Waals surface area contributed by atoms with Crippen LogP contribution < -0.4 is 11.1 Å². The third-order valence-electron chi connectivity index (χ3n) is 4.29. The predicted octanol–water partition coefficient (Wildman–Crippen LogP) is -1.05. The summed E-state index contributed by atoms with van der Waals surface area (Å²) in [7, 11) is -3.11. The maximum Gasteiger partial charge on any atom is 0.234 e. The van der Waals surface area contributed by atoms with Gasteiger partial charge in [0, 0.05) is 38.3 Å². The molecule has 0 spiro atoms. The summed E-state index contributed by atoms with van der Waals surface area (Å²) in [5, 5.41) is 3.02. The van der Waals surface area contributed by atoms with Gasteiger partial charge in [0.25, 0.3) is 0 Å². The number of hydrogen-bond donors (Lipinski definition) is 2. The van der Waals surface area contributed by atoms with Crippen LogP contribution in [0.1, 0.15) is 25.7 Å². The second kappa shape index (κ2) is 7.04. The highest BCUT2D eigenvalue weighted by Gasteiger charge is 2.26. The second-order valence-electron chi connectivity index (χ2n) is 6.12. The Balaban J connectivity index is 1.70. The molecule has 0 saturated carbocycles. The molecule has 2 saturated heterocycles. The van der Waals surface area contributed by atoms with Gasteiger partial charge in [0.1, 0.15) is 0 Å². The zero-order valence-corrected chi connectivity index (χ0v) is 13.4. The van der Waals surface area contributed by atoms with Gasteiger partial charge < -0.3 is 11.1 Å². The van der Waals surface area contributed by atoms with Gasteiger partial charge in [0.15, 0.2) is 0 Å². The Labute approximate surface area is 126 Å². The molecule has 0 aromatic carbocycles. The summed E-state index contributed by atoms with van der Waals surface area (Å²) in [6.45, 7) is 3.14. The smallest absolute Gasteiger partial charge is 0.234 e. The van der Waals surface area contributed by atoms with Gasteiger partial charge in [-0.15, -0.1) is 0 Å². The quantitative estimate of drug-likeness (QED) is 0.689. The van der Waals surface area contributed by atoms with Gasteiger partial charge in [0.2, 0.25) is 15.9 Å². The minimum Gasteiger partial charge on any atom is -0.352 e. The van der Waals surface area contributed by atoms with Crippen LogP contribution in [0.25, 0.3) is 0 Å². The Hall–Kier alpha value is -0.700. The maximum absolute atomic E-state index is 12.0. The van der Waals surface area contributed by atoms with Crippen LogP contribution in [0.5, 0.6) is 0 Å². The summed E-state index contributed by atoms with van der Waals surface area (Å²) in [6.07, 6.45) is 4.49. The van der Waals surface area contributed by atoms with Crippen LogP contribution >= 0.6 is 0 Å². The molecule has 2 aliphatic heterocycles. The molecule has 0 aromatic rings. The molecule has 2 fully saturated rings. The number of rotatable bonds is 4. The minimum atomic E-state index is -3.11. The lowest BCUT2D eigenvalue weighted by atomic mass is 10.1. The average Bonchev–Trinajstić information content (AvgIpc) is 2.41. The number of nitrogens with two attached hydrogens (primary N) is 1. The van der Waals surface area contributed by atoms with Gasteiger partial charge in [-0.1, -0.05) is 0 Å². The highest BCUT2D eigenvalue weighted by atomic mass is 32.2. The molecule has 1 amide bonds. The topological polar surface area (TPSA) is 95.7 Å². The highest BCUT2D eigenvalue weighted by Crippen LogP contribution is 2.13.